The summed E-state index contributed by atoms with van der Waals surface area (Å²) in [4.78, 5) is 12.8. The van der Waals surface area contributed by atoms with Crippen molar-refractivity contribution in [2.24, 2.45) is 0 Å². The smallest absolute Gasteiger partial charge is 0.338 e. The number of anilines is 1. The summed E-state index contributed by atoms with van der Waals surface area (Å²) in [5, 5.41) is 6.43. The van der Waals surface area contributed by atoms with Gasteiger partial charge in [0.15, 0.2) is 5.82 Å². The molecule has 4 nitrogen and oxygen atoms in total. The van der Waals surface area contributed by atoms with Crippen LogP contribution in [0.1, 0.15) is 0 Å². The number of quaternary nitrogens is 1. The SMILES string of the molecule is CN1C(Nc2ccccc2)=C([Si](C)(C)C)C(=O)[N+]1(C)C. The van der Waals surface area contributed by atoms with Crippen molar-refractivity contribution >= 4 is 19.7 Å². The standard InChI is InChI=1S/C15H23N3OSi/c1-17-14(16-12-10-8-7-9-11-12)13(20(4,5)6)15(19)18(17,2)3/h7-11H,1-6H3/p+1. The van der Waals surface area contributed by atoms with Gasteiger partial charge in [-0.05, 0) is 12.1 Å². The van der Waals surface area contributed by atoms with Gasteiger partial charge in [0, 0.05) is 5.69 Å². The zero-order valence-electron chi connectivity index (χ0n) is 13.2. The van der Waals surface area contributed by atoms with E-state index in [9.17, 15) is 4.79 Å². The van der Waals surface area contributed by atoms with Crippen molar-refractivity contribution in [1.29, 1.82) is 0 Å². The van der Waals surface area contributed by atoms with Gasteiger partial charge in [0.2, 0.25) is 0 Å². The van der Waals surface area contributed by atoms with Crippen LogP contribution in [0, 0.1) is 0 Å². The molecule has 1 aromatic rings. The number of carbonyl (C=O) groups excluding carboxylic acids is 1. The molecule has 0 saturated carbocycles. The van der Waals surface area contributed by atoms with Crippen LogP contribution in [0.15, 0.2) is 41.3 Å². The summed E-state index contributed by atoms with van der Waals surface area (Å²) >= 11 is 0. The average Bonchev–Trinajstić information content (AvgIpc) is 2.51. The highest BCUT2D eigenvalue weighted by Crippen LogP contribution is 2.33. The zero-order chi connectivity index (χ0) is 15.1. The van der Waals surface area contributed by atoms with E-state index in [1.165, 1.54) is 0 Å². The number of amides is 1. The summed E-state index contributed by atoms with van der Waals surface area (Å²) in [5.74, 6) is 1.15. The molecule has 0 atom stereocenters. The largest absolute Gasteiger partial charge is 0.365 e. The Labute approximate surface area is 122 Å². The van der Waals surface area contributed by atoms with Gasteiger partial charge in [0.1, 0.15) is 0 Å². The van der Waals surface area contributed by atoms with E-state index in [1.807, 2.05) is 56.5 Å². The summed E-state index contributed by atoms with van der Waals surface area (Å²) in [6.45, 7) is 6.64. The van der Waals surface area contributed by atoms with Crippen LogP contribution in [0.25, 0.3) is 0 Å². The third-order valence-corrected chi connectivity index (χ3v) is 5.76. The lowest BCUT2D eigenvalue weighted by Gasteiger charge is -2.31. The first-order chi connectivity index (χ1) is 9.15. The molecule has 1 aliphatic rings. The maximum Gasteiger partial charge on any atom is 0.365 e. The van der Waals surface area contributed by atoms with Crippen molar-refractivity contribution in [3.8, 4) is 0 Å². The van der Waals surface area contributed by atoms with Crippen molar-refractivity contribution in [2.45, 2.75) is 19.6 Å². The van der Waals surface area contributed by atoms with Crippen molar-refractivity contribution in [1.82, 2.24) is 5.01 Å². The van der Waals surface area contributed by atoms with Gasteiger partial charge in [0.25, 0.3) is 0 Å². The fourth-order valence-electron chi connectivity index (χ4n) is 2.40. The van der Waals surface area contributed by atoms with Gasteiger partial charge in [-0.2, -0.15) is 4.59 Å². The van der Waals surface area contributed by atoms with Crippen LogP contribution in [0.5, 0.6) is 0 Å². The minimum atomic E-state index is -1.72. The van der Waals surface area contributed by atoms with E-state index in [-0.39, 0.29) is 10.5 Å². The van der Waals surface area contributed by atoms with Crippen molar-refractivity contribution < 1.29 is 9.39 Å². The molecule has 0 aromatic heterocycles. The first-order valence-electron chi connectivity index (χ1n) is 6.85. The first-order valence-corrected chi connectivity index (χ1v) is 10.4. The fourth-order valence-corrected chi connectivity index (χ4v) is 4.25. The van der Waals surface area contributed by atoms with Crippen LogP contribution in [0.4, 0.5) is 5.69 Å². The topological polar surface area (TPSA) is 32.3 Å². The Bertz CT molecular complexity index is 558. The number of nitrogens with zero attached hydrogens (tertiary/aromatic N) is 2. The maximum atomic E-state index is 12.8. The number of nitrogens with one attached hydrogen (secondary N) is 1. The second kappa shape index (κ2) is 4.75. The molecule has 0 fully saturated rings. The molecule has 5 heteroatoms. The van der Waals surface area contributed by atoms with Gasteiger partial charge in [-0.15, -0.1) is 0 Å². The van der Waals surface area contributed by atoms with Crippen molar-refractivity contribution in [2.75, 3.05) is 26.5 Å². The average molecular weight is 290 g/mol. The number of benzene rings is 1. The maximum absolute atomic E-state index is 12.8. The molecule has 1 amide bonds. The Kier molecular flexibility index (Phi) is 3.52. The number of likely N-dealkylation sites (N-methyl/N-ethyl adjacent to an activating group) is 1. The third-order valence-electron chi connectivity index (χ3n) is 3.81. The summed E-state index contributed by atoms with van der Waals surface area (Å²) in [6, 6.07) is 10.0. The van der Waals surface area contributed by atoms with Crippen LogP contribution in [0.2, 0.25) is 19.6 Å². The second-order valence-electron chi connectivity index (χ2n) is 6.69. The Morgan fingerprint density at radius 1 is 1.10 bits per heavy atom. The number of hydrogen-bond acceptors (Lipinski definition) is 3. The van der Waals surface area contributed by atoms with Gasteiger partial charge in [0.05, 0.1) is 34.4 Å². The molecule has 0 saturated heterocycles. The minimum Gasteiger partial charge on any atom is -0.338 e. The van der Waals surface area contributed by atoms with Crippen LogP contribution >= 0.6 is 0 Å². The molecule has 0 radical (unpaired) electrons. The Morgan fingerprint density at radius 3 is 2.15 bits per heavy atom. The molecule has 0 aliphatic carbocycles. The molecule has 20 heavy (non-hydrogen) atoms. The van der Waals surface area contributed by atoms with E-state index in [4.69, 9.17) is 0 Å². The molecule has 0 unspecified atom stereocenters. The van der Waals surface area contributed by atoms with Gasteiger partial charge >= 0.3 is 5.91 Å². The molecular formula is C15H24N3OSi+. The van der Waals surface area contributed by atoms with E-state index < -0.39 is 8.07 Å². The fraction of sp³-hybridized carbons (Fsp3) is 0.400. The molecule has 1 aliphatic heterocycles. The third kappa shape index (κ3) is 2.39. The summed E-state index contributed by atoms with van der Waals surface area (Å²) in [7, 11) is 4.11. The summed E-state index contributed by atoms with van der Waals surface area (Å²) < 4.78 is 0.245. The molecule has 0 bridgehead atoms. The summed E-state index contributed by atoms with van der Waals surface area (Å²) in [6.07, 6.45) is 0. The molecule has 1 N–H and O–H groups in total. The number of rotatable bonds is 3. The van der Waals surface area contributed by atoms with Crippen molar-refractivity contribution in [3.63, 3.8) is 0 Å². The Hall–Kier alpha value is -1.59. The molecule has 1 heterocycles. The number of carbonyl (C=O) groups is 1. The summed E-state index contributed by atoms with van der Waals surface area (Å²) in [5.41, 5.74) is 1.01. The second-order valence-corrected chi connectivity index (χ2v) is 11.7. The molecule has 1 aromatic carbocycles. The monoisotopic (exact) mass is 290 g/mol. The lowest BCUT2D eigenvalue weighted by atomic mass is 10.3. The van der Waals surface area contributed by atoms with Gasteiger partial charge in [-0.25, -0.2) is 9.80 Å². The van der Waals surface area contributed by atoms with E-state index in [0.29, 0.717) is 0 Å². The van der Waals surface area contributed by atoms with Crippen molar-refractivity contribution in [3.05, 3.63) is 41.3 Å². The first kappa shape index (κ1) is 14.8. The molecular weight excluding hydrogens is 266 g/mol. The van der Waals surface area contributed by atoms with Crippen LogP contribution in [-0.4, -0.2) is 44.7 Å². The minimum absolute atomic E-state index is 0.199. The zero-order valence-corrected chi connectivity index (χ0v) is 14.2. The Balaban J connectivity index is 2.49. The highest BCUT2D eigenvalue weighted by molar-refractivity contribution is 6.87. The van der Waals surface area contributed by atoms with Gasteiger partial charge in [-0.3, -0.25) is 0 Å². The molecule has 2 rings (SSSR count). The lowest BCUT2D eigenvalue weighted by molar-refractivity contribution is -0.918. The quantitative estimate of drug-likeness (QED) is 0.686. The van der Waals surface area contributed by atoms with Crippen LogP contribution in [0.3, 0.4) is 0 Å². The predicted octanol–water partition coefficient (Wildman–Crippen LogP) is 2.65. The molecule has 0 spiro atoms. The van der Waals surface area contributed by atoms with E-state index in [2.05, 4.69) is 25.0 Å². The van der Waals surface area contributed by atoms with E-state index in [0.717, 1.165) is 16.7 Å². The van der Waals surface area contributed by atoms with Crippen LogP contribution < -0.4 is 5.32 Å². The highest BCUT2D eigenvalue weighted by Gasteiger charge is 2.50. The molecule has 108 valence electrons. The van der Waals surface area contributed by atoms with E-state index in [1.54, 1.807) is 0 Å². The van der Waals surface area contributed by atoms with Crippen LogP contribution in [-0.2, 0) is 4.79 Å². The van der Waals surface area contributed by atoms with Gasteiger partial charge < -0.3 is 5.32 Å². The predicted molar refractivity (Wildman–Crippen MR) is 85.3 cm³/mol. The normalized spacial score (nSPS) is 18.7. The number of para-hydroxylation sites is 1. The lowest BCUT2D eigenvalue weighted by Crippen LogP contribution is -2.52. The Morgan fingerprint density at radius 2 is 1.65 bits per heavy atom. The number of hydrogen-bond donors (Lipinski definition) is 1. The van der Waals surface area contributed by atoms with E-state index >= 15 is 0 Å². The highest BCUT2D eigenvalue weighted by atomic mass is 28.3. The van der Waals surface area contributed by atoms with Gasteiger partial charge in [-0.1, -0.05) is 37.8 Å².